The summed E-state index contributed by atoms with van der Waals surface area (Å²) in [7, 11) is 0. The first kappa shape index (κ1) is 12.9. The lowest BCUT2D eigenvalue weighted by Crippen LogP contribution is -2.14. The molecular weight excluding hydrogens is 244 g/mol. The molecule has 2 N–H and O–H groups in total. The number of aryl methyl sites for hydroxylation is 1. The lowest BCUT2D eigenvalue weighted by atomic mass is 10.1. The molecule has 0 amide bonds. The van der Waals surface area contributed by atoms with Gasteiger partial charge in [0, 0.05) is 30.2 Å². The number of nitrogens with one attached hydrogen (secondary N) is 2. The summed E-state index contributed by atoms with van der Waals surface area (Å²) in [4.78, 5) is 3.26. The molecule has 1 aromatic heterocycles. The Morgan fingerprint density at radius 3 is 2.45 bits per heavy atom. The zero-order valence-corrected chi connectivity index (χ0v) is 11.8. The van der Waals surface area contributed by atoms with E-state index >= 15 is 0 Å². The highest BCUT2D eigenvalue weighted by molar-refractivity contribution is 5.82. The van der Waals surface area contributed by atoms with Crippen molar-refractivity contribution < 1.29 is 0 Å². The average Bonchev–Trinajstić information content (AvgIpc) is 2.97. The molecule has 2 heteroatoms. The van der Waals surface area contributed by atoms with E-state index in [0.29, 0.717) is 0 Å². The Hall–Kier alpha value is -2.06. The van der Waals surface area contributed by atoms with Gasteiger partial charge in [-0.1, -0.05) is 43.3 Å². The van der Waals surface area contributed by atoms with Crippen LogP contribution in [0.4, 0.5) is 0 Å². The monoisotopic (exact) mass is 264 g/mol. The van der Waals surface area contributed by atoms with Gasteiger partial charge in [0.05, 0.1) is 0 Å². The predicted molar refractivity (Wildman–Crippen MR) is 84.7 cm³/mol. The van der Waals surface area contributed by atoms with Gasteiger partial charge in [-0.15, -0.1) is 0 Å². The van der Waals surface area contributed by atoms with Crippen molar-refractivity contribution >= 4 is 10.9 Å². The number of aromatic nitrogens is 1. The average molecular weight is 264 g/mol. The first-order valence-corrected chi connectivity index (χ1v) is 7.21. The molecule has 0 saturated carbocycles. The summed E-state index contributed by atoms with van der Waals surface area (Å²) in [6.07, 6.45) is 3.09. The van der Waals surface area contributed by atoms with Gasteiger partial charge in [0.1, 0.15) is 0 Å². The Balaban J connectivity index is 1.69. The van der Waals surface area contributed by atoms with E-state index in [0.717, 1.165) is 19.5 Å². The molecule has 0 spiro atoms. The van der Waals surface area contributed by atoms with Gasteiger partial charge in [-0.25, -0.2) is 0 Å². The van der Waals surface area contributed by atoms with Gasteiger partial charge in [-0.3, -0.25) is 0 Å². The minimum Gasteiger partial charge on any atom is -0.361 e. The first-order chi connectivity index (χ1) is 9.88. The fourth-order valence-electron chi connectivity index (χ4n) is 2.71. The van der Waals surface area contributed by atoms with Crippen molar-refractivity contribution in [1.82, 2.24) is 10.3 Å². The second kappa shape index (κ2) is 5.93. The summed E-state index contributed by atoms with van der Waals surface area (Å²) in [6.45, 7) is 4.03. The molecule has 20 heavy (non-hydrogen) atoms. The Bertz CT molecular complexity index is 697. The van der Waals surface area contributed by atoms with E-state index in [-0.39, 0.29) is 0 Å². The van der Waals surface area contributed by atoms with Crippen molar-refractivity contribution in [3.05, 3.63) is 71.4 Å². The minimum atomic E-state index is 0.896. The molecule has 0 aliphatic heterocycles. The van der Waals surface area contributed by atoms with E-state index in [1.54, 1.807) is 0 Å². The number of fused-ring (bicyclic) bond motifs is 1. The standard InChI is InChI=1S/C18H20N2/c1-2-14-6-3-4-7-15(14)12-19-13-16-8-5-9-18-17(16)10-11-20-18/h3-11,19-20H,2,12-13H2,1H3. The van der Waals surface area contributed by atoms with Crippen LogP contribution in [0.25, 0.3) is 10.9 Å². The molecule has 0 aliphatic carbocycles. The van der Waals surface area contributed by atoms with Gasteiger partial charge in [0.2, 0.25) is 0 Å². The van der Waals surface area contributed by atoms with E-state index < -0.39 is 0 Å². The van der Waals surface area contributed by atoms with Crippen molar-refractivity contribution in [2.45, 2.75) is 26.4 Å². The Morgan fingerprint density at radius 2 is 1.60 bits per heavy atom. The molecule has 3 rings (SSSR count). The molecule has 102 valence electrons. The third kappa shape index (κ3) is 2.61. The van der Waals surface area contributed by atoms with Crippen molar-refractivity contribution in [3.63, 3.8) is 0 Å². The summed E-state index contributed by atoms with van der Waals surface area (Å²) in [5.74, 6) is 0. The summed E-state index contributed by atoms with van der Waals surface area (Å²) >= 11 is 0. The molecule has 0 radical (unpaired) electrons. The van der Waals surface area contributed by atoms with Gasteiger partial charge >= 0.3 is 0 Å². The summed E-state index contributed by atoms with van der Waals surface area (Å²) in [5.41, 5.74) is 5.38. The van der Waals surface area contributed by atoms with Crippen LogP contribution in [0, 0.1) is 0 Å². The molecule has 1 heterocycles. The van der Waals surface area contributed by atoms with E-state index in [1.807, 2.05) is 6.20 Å². The highest BCUT2D eigenvalue weighted by Crippen LogP contribution is 2.17. The predicted octanol–water partition coefficient (Wildman–Crippen LogP) is 4.02. The Kier molecular flexibility index (Phi) is 3.84. The van der Waals surface area contributed by atoms with Crippen molar-refractivity contribution in [3.8, 4) is 0 Å². The van der Waals surface area contributed by atoms with Crippen LogP contribution in [0.2, 0.25) is 0 Å². The van der Waals surface area contributed by atoms with Gasteiger partial charge in [-0.05, 0) is 35.2 Å². The second-order valence-electron chi connectivity index (χ2n) is 5.08. The molecule has 0 fully saturated rings. The number of H-pyrrole nitrogens is 1. The minimum absolute atomic E-state index is 0.896. The largest absolute Gasteiger partial charge is 0.361 e. The summed E-state index contributed by atoms with van der Waals surface area (Å²) in [5, 5.41) is 4.87. The SMILES string of the molecule is CCc1ccccc1CNCc1cccc2[nH]ccc12. The molecule has 3 aromatic rings. The van der Waals surface area contributed by atoms with E-state index in [2.05, 4.69) is 65.8 Å². The second-order valence-corrected chi connectivity index (χ2v) is 5.08. The van der Waals surface area contributed by atoms with Crippen LogP contribution in [0.1, 0.15) is 23.6 Å². The molecule has 0 bridgehead atoms. The van der Waals surface area contributed by atoms with Gasteiger partial charge in [-0.2, -0.15) is 0 Å². The van der Waals surface area contributed by atoms with Crippen LogP contribution in [-0.2, 0) is 19.5 Å². The number of hydrogen-bond acceptors (Lipinski definition) is 1. The van der Waals surface area contributed by atoms with Crippen LogP contribution >= 0.6 is 0 Å². The number of benzene rings is 2. The maximum atomic E-state index is 3.56. The zero-order chi connectivity index (χ0) is 13.8. The number of rotatable bonds is 5. The van der Waals surface area contributed by atoms with Crippen LogP contribution < -0.4 is 5.32 Å². The lowest BCUT2D eigenvalue weighted by Gasteiger charge is -2.10. The molecular formula is C18H20N2. The first-order valence-electron chi connectivity index (χ1n) is 7.21. The van der Waals surface area contributed by atoms with Crippen LogP contribution in [0.5, 0.6) is 0 Å². The molecule has 2 aromatic carbocycles. The van der Waals surface area contributed by atoms with Crippen molar-refractivity contribution in [2.75, 3.05) is 0 Å². The highest BCUT2D eigenvalue weighted by atomic mass is 14.8. The molecule has 0 atom stereocenters. The third-order valence-corrected chi connectivity index (χ3v) is 3.82. The van der Waals surface area contributed by atoms with E-state index in [4.69, 9.17) is 0 Å². The quantitative estimate of drug-likeness (QED) is 0.715. The fraction of sp³-hybridized carbons (Fsp3) is 0.222. The van der Waals surface area contributed by atoms with Crippen LogP contribution in [0.15, 0.2) is 54.7 Å². The maximum Gasteiger partial charge on any atom is 0.0457 e. The zero-order valence-electron chi connectivity index (χ0n) is 11.8. The topological polar surface area (TPSA) is 27.8 Å². The smallest absolute Gasteiger partial charge is 0.0457 e. The molecule has 0 saturated heterocycles. The number of hydrogen-bond donors (Lipinski definition) is 2. The maximum absolute atomic E-state index is 3.56. The van der Waals surface area contributed by atoms with Gasteiger partial charge < -0.3 is 10.3 Å². The van der Waals surface area contributed by atoms with Gasteiger partial charge in [0.25, 0.3) is 0 Å². The lowest BCUT2D eigenvalue weighted by molar-refractivity contribution is 0.691. The molecule has 0 aliphatic rings. The summed E-state index contributed by atoms with van der Waals surface area (Å²) in [6, 6.07) is 17.2. The number of aromatic amines is 1. The van der Waals surface area contributed by atoms with Crippen LogP contribution in [0.3, 0.4) is 0 Å². The van der Waals surface area contributed by atoms with Crippen LogP contribution in [-0.4, -0.2) is 4.98 Å². The fourth-order valence-corrected chi connectivity index (χ4v) is 2.71. The van der Waals surface area contributed by atoms with Crippen molar-refractivity contribution in [2.24, 2.45) is 0 Å². The molecule has 2 nitrogen and oxygen atoms in total. The Morgan fingerprint density at radius 1 is 0.850 bits per heavy atom. The summed E-state index contributed by atoms with van der Waals surface area (Å²) < 4.78 is 0. The molecule has 0 unspecified atom stereocenters. The highest BCUT2D eigenvalue weighted by Gasteiger charge is 2.02. The third-order valence-electron chi connectivity index (χ3n) is 3.82. The van der Waals surface area contributed by atoms with Crippen molar-refractivity contribution in [1.29, 1.82) is 0 Å². The van der Waals surface area contributed by atoms with Gasteiger partial charge in [0.15, 0.2) is 0 Å². The van der Waals surface area contributed by atoms with E-state index in [9.17, 15) is 0 Å². The Labute approximate surface area is 119 Å². The van der Waals surface area contributed by atoms with E-state index in [1.165, 1.54) is 27.6 Å². The normalized spacial score (nSPS) is 11.1.